The summed E-state index contributed by atoms with van der Waals surface area (Å²) in [6.45, 7) is 12.9. The Hall–Kier alpha value is -1.84. The summed E-state index contributed by atoms with van der Waals surface area (Å²) < 4.78 is 33.5. The number of nitrogens with one attached hydrogen (secondary N) is 1. The van der Waals surface area contributed by atoms with Gasteiger partial charge in [0.25, 0.3) is 0 Å². The fourth-order valence-corrected chi connectivity index (χ4v) is 5.83. The monoisotopic (exact) mass is 466 g/mol. The maximum absolute atomic E-state index is 13.1. The first-order chi connectivity index (χ1) is 15.1. The molecule has 0 saturated carbocycles. The molecule has 0 unspecified atom stereocenters. The maximum Gasteiger partial charge on any atom is 0.321 e. The van der Waals surface area contributed by atoms with Crippen LogP contribution in [0.15, 0.2) is 23.1 Å². The highest BCUT2D eigenvalue weighted by molar-refractivity contribution is 7.89. The van der Waals surface area contributed by atoms with Crippen LogP contribution in [0.1, 0.15) is 53.4 Å². The van der Waals surface area contributed by atoms with Crippen LogP contribution in [0.3, 0.4) is 0 Å². The Labute approximate surface area is 192 Å². The highest BCUT2D eigenvalue weighted by Crippen LogP contribution is 2.30. The average molecular weight is 467 g/mol. The summed E-state index contributed by atoms with van der Waals surface area (Å²) in [7, 11) is -3.60. The molecule has 2 amide bonds. The van der Waals surface area contributed by atoms with Crippen molar-refractivity contribution < 1.29 is 17.9 Å². The summed E-state index contributed by atoms with van der Waals surface area (Å²) in [4.78, 5) is 17.5. The van der Waals surface area contributed by atoms with Gasteiger partial charge in [-0.05, 0) is 65.2 Å². The Balaban J connectivity index is 1.78. The van der Waals surface area contributed by atoms with Gasteiger partial charge in [-0.25, -0.2) is 13.2 Å². The zero-order valence-electron chi connectivity index (χ0n) is 19.9. The molecule has 3 rings (SSSR count). The maximum atomic E-state index is 13.1. The molecule has 8 nitrogen and oxygen atoms in total. The first kappa shape index (κ1) is 24.8. The SMILES string of the molecule is CCOc1ccc(S(=O)(=O)N2CCCCC2)cc1NC(=O)N1CCCN(C(C)(C)C)CC1. The Morgan fingerprint density at radius 2 is 1.72 bits per heavy atom. The molecule has 0 aliphatic carbocycles. The molecule has 2 aliphatic heterocycles. The van der Waals surface area contributed by atoms with Crippen molar-refractivity contribution in [3.63, 3.8) is 0 Å². The summed E-state index contributed by atoms with van der Waals surface area (Å²) in [6, 6.07) is 4.51. The normalized spacial score (nSPS) is 19.4. The molecule has 0 aromatic heterocycles. The largest absolute Gasteiger partial charge is 0.492 e. The lowest BCUT2D eigenvalue weighted by atomic mass is 10.1. The van der Waals surface area contributed by atoms with Crippen molar-refractivity contribution in [3.05, 3.63) is 18.2 Å². The number of carbonyl (C=O) groups is 1. The second kappa shape index (κ2) is 10.4. The third-order valence-electron chi connectivity index (χ3n) is 6.18. The van der Waals surface area contributed by atoms with E-state index in [2.05, 4.69) is 31.0 Å². The standard InChI is InChI=1S/C23H38N4O4S/c1-5-31-21-11-10-19(32(29,30)27-14-7-6-8-15-27)18-20(21)24-22(28)25-12-9-13-26(17-16-25)23(2,3)4/h10-11,18H,5-9,12-17H2,1-4H3,(H,24,28). The molecular formula is C23H38N4O4S. The van der Waals surface area contributed by atoms with Gasteiger partial charge in [-0.3, -0.25) is 4.90 Å². The van der Waals surface area contributed by atoms with Crippen LogP contribution >= 0.6 is 0 Å². The molecule has 9 heteroatoms. The Kier molecular flexibility index (Phi) is 8.06. The number of hydrogen-bond acceptors (Lipinski definition) is 5. The number of rotatable bonds is 5. The Morgan fingerprint density at radius 1 is 1.00 bits per heavy atom. The topological polar surface area (TPSA) is 82.2 Å². The molecule has 1 N–H and O–H groups in total. The molecule has 0 radical (unpaired) electrons. The van der Waals surface area contributed by atoms with E-state index in [-0.39, 0.29) is 16.5 Å². The smallest absolute Gasteiger partial charge is 0.321 e. The molecule has 2 saturated heterocycles. The van der Waals surface area contributed by atoms with E-state index >= 15 is 0 Å². The lowest BCUT2D eigenvalue weighted by molar-refractivity contribution is 0.142. The number of urea groups is 1. The van der Waals surface area contributed by atoms with E-state index in [0.717, 1.165) is 38.8 Å². The molecule has 1 aromatic carbocycles. The van der Waals surface area contributed by atoms with Crippen LogP contribution in [0.5, 0.6) is 5.75 Å². The van der Waals surface area contributed by atoms with E-state index in [1.165, 1.54) is 10.4 Å². The van der Waals surface area contributed by atoms with E-state index in [0.29, 0.717) is 44.2 Å². The highest BCUT2D eigenvalue weighted by Gasteiger charge is 2.29. The van der Waals surface area contributed by atoms with Gasteiger partial charge in [0, 0.05) is 44.8 Å². The fraction of sp³-hybridized carbons (Fsp3) is 0.696. The fourth-order valence-electron chi connectivity index (χ4n) is 4.29. The second-order valence-electron chi connectivity index (χ2n) is 9.48. The zero-order chi connectivity index (χ0) is 23.4. The van der Waals surface area contributed by atoms with Gasteiger partial charge in [0.15, 0.2) is 0 Å². The van der Waals surface area contributed by atoms with Gasteiger partial charge < -0.3 is 15.0 Å². The molecule has 180 valence electrons. The number of hydrogen-bond donors (Lipinski definition) is 1. The van der Waals surface area contributed by atoms with Crippen molar-refractivity contribution >= 4 is 21.7 Å². The first-order valence-electron chi connectivity index (χ1n) is 11.7. The summed E-state index contributed by atoms with van der Waals surface area (Å²) in [5, 5.41) is 2.92. The number of piperidine rings is 1. The van der Waals surface area contributed by atoms with E-state index in [4.69, 9.17) is 4.74 Å². The van der Waals surface area contributed by atoms with E-state index < -0.39 is 10.0 Å². The van der Waals surface area contributed by atoms with Crippen LogP contribution < -0.4 is 10.1 Å². The minimum absolute atomic E-state index is 0.0613. The molecule has 0 bridgehead atoms. The molecule has 2 fully saturated rings. The molecule has 32 heavy (non-hydrogen) atoms. The molecule has 0 atom stereocenters. The number of nitrogens with zero attached hydrogens (tertiary/aromatic N) is 3. The zero-order valence-corrected chi connectivity index (χ0v) is 20.7. The third kappa shape index (κ3) is 5.94. The minimum atomic E-state index is -3.60. The van der Waals surface area contributed by atoms with Crippen LogP contribution in [0.2, 0.25) is 0 Å². The van der Waals surface area contributed by atoms with Crippen molar-refractivity contribution in [2.45, 2.75) is 63.8 Å². The third-order valence-corrected chi connectivity index (χ3v) is 8.07. The van der Waals surface area contributed by atoms with E-state index in [9.17, 15) is 13.2 Å². The second-order valence-corrected chi connectivity index (χ2v) is 11.4. The van der Waals surface area contributed by atoms with Crippen LogP contribution in [0, 0.1) is 0 Å². The van der Waals surface area contributed by atoms with Crippen molar-refractivity contribution in [1.82, 2.24) is 14.1 Å². The van der Waals surface area contributed by atoms with Crippen LogP contribution in [0.4, 0.5) is 10.5 Å². The minimum Gasteiger partial charge on any atom is -0.492 e. The quantitative estimate of drug-likeness (QED) is 0.717. The van der Waals surface area contributed by atoms with E-state index in [1.807, 2.05) is 6.92 Å². The lowest BCUT2D eigenvalue weighted by Gasteiger charge is -2.34. The predicted octanol–water partition coefficient (Wildman–Crippen LogP) is 3.60. The van der Waals surface area contributed by atoms with Gasteiger partial charge >= 0.3 is 6.03 Å². The number of benzene rings is 1. The van der Waals surface area contributed by atoms with Crippen molar-refractivity contribution in [2.24, 2.45) is 0 Å². The number of amides is 2. The summed E-state index contributed by atoms with van der Waals surface area (Å²) in [5.74, 6) is 0.476. The molecular weight excluding hydrogens is 428 g/mol. The Morgan fingerprint density at radius 3 is 2.38 bits per heavy atom. The van der Waals surface area contributed by atoms with Crippen molar-refractivity contribution in [1.29, 1.82) is 0 Å². The van der Waals surface area contributed by atoms with Crippen LogP contribution in [0.25, 0.3) is 0 Å². The summed E-state index contributed by atoms with van der Waals surface area (Å²) in [5.41, 5.74) is 0.457. The van der Waals surface area contributed by atoms with Crippen LogP contribution in [-0.2, 0) is 10.0 Å². The van der Waals surface area contributed by atoms with Gasteiger partial charge in [-0.2, -0.15) is 4.31 Å². The van der Waals surface area contributed by atoms with Crippen molar-refractivity contribution in [3.8, 4) is 5.75 Å². The van der Waals surface area contributed by atoms with Gasteiger partial charge in [-0.15, -0.1) is 0 Å². The predicted molar refractivity (Wildman–Crippen MR) is 127 cm³/mol. The van der Waals surface area contributed by atoms with Gasteiger partial charge in [0.05, 0.1) is 17.2 Å². The number of sulfonamides is 1. The first-order valence-corrected chi connectivity index (χ1v) is 13.1. The van der Waals surface area contributed by atoms with Gasteiger partial charge in [-0.1, -0.05) is 6.42 Å². The average Bonchev–Trinajstić information content (AvgIpc) is 3.02. The number of carbonyl (C=O) groups excluding carboxylic acids is 1. The van der Waals surface area contributed by atoms with Gasteiger partial charge in [0.1, 0.15) is 5.75 Å². The Bertz CT molecular complexity index is 892. The molecule has 1 aromatic rings. The lowest BCUT2D eigenvalue weighted by Crippen LogP contribution is -2.44. The molecule has 0 spiro atoms. The molecule has 2 heterocycles. The number of anilines is 1. The van der Waals surface area contributed by atoms with Crippen LogP contribution in [-0.4, -0.2) is 80.0 Å². The molecule has 2 aliphatic rings. The highest BCUT2D eigenvalue weighted by atomic mass is 32.2. The van der Waals surface area contributed by atoms with Gasteiger partial charge in [0.2, 0.25) is 10.0 Å². The summed E-state index contributed by atoms with van der Waals surface area (Å²) >= 11 is 0. The van der Waals surface area contributed by atoms with E-state index in [1.54, 1.807) is 17.0 Å². The summed E-state index contributed by atoms with van der Waals surface area (Å²) in [6.07, 6.45) is 3.70. The van der Waals surface area contributed by atoms with Crippen molar-refractivity contribution in [2.75, 3.05) is 51.2 Å². The number of ether oxygens (including phenoxy) is 1.